The van der Waals surface area contributed by atoms with Crippen LogP contribution >= 0.6 is 69.1 Å². The zero-order valence-electron chi connectivity index (χ0n) is 6.65. The molecule has 0 atom stereocenters. The normalized spacial score (nSPS) is 8.92. The first-order chi connectivity index (χ1) is 6.00. The topological polar surface area (TPSA) is 57.5 Å². The smallest absolute Gasteiger partial charge is 0.233 e. The van der Waals surface area contributed by atoms with Gasteiger partial charge in [0.15, 0.2) is 5.78 Å². The molecule has 0 bridgehead atoms. The molecule has 0 aliphatic heterocycles. The van der Waals surface area contributed by atoms with Gasteiger partial charge in [0.1, 0.15) is 0 Å². The highest BCUT2D eigenvalue weighted by Gasteiger charge is 2.28. The van der Waals surface area contributed by atoms with Crippen LogP contribution in [0, 0.1) is 0 Å². The summed E-state index contributed by atoms with van der Waals surface area (Å²) in [6, 6.07) is 0. The molecule has 0 aliphatic rings. The monoisotopic (exact) mass is 300 g/mol. The summed E-state index contributed by atoms with van der Waals surface area (Å²) in [4.78, 5) is 10.3. The van der Waals surface area contributed by atoms with Crippen LogP contribution in [0.4, 0.5) is 0 Å². The van der Waals surface area contributed by atoms with Gasteiger partial charge in [-0.25, -0.2) is 0 Å². The first kappa shape index (κ1) is 20.1. The second-order valence-corrected chi connectivity index (χ2v) is 2.97. The van der Waals surface area contributed by atoms with Crippen molar-refractivity contribution in [1.29, 1.82) is 0 Å². The van der Waals surface area contributed by atoms with E-state index in [0.717, 1.165) is 17.7 Å². The van der Waals surface area contributed by atoms with E-state index in [1.54, 1.807) is 0 Å². The standard InChI is InChI=1S/C4H8O3S2.2H2S2/c1-3(5)4(6,7)2-9-8;2*1-2/h6-8H,2H2,1H3;2*1-2H. The molecule has 0 fully saturated rings. The lowest BCUT2D eigenvalue weighted by Crippen LogP contribution is -2.38. The summed E-state index contributed by atoms with van der Waals surface area (Å²) in [5.41, 5.74) is 0. The van der Waals surface area contributed by atoms with E-state index in [4.69, 9.17) is 10.2 Å². The fraction of sp³-hybridized carbons (Fsp3) is 0.750. The number of aliphatic hydroxyl groups is 2. The molecule has 0 saturated heterocycles. The quantitative estimate of drug-likeness (QED) is 0.244. The van der Waals surface area contributed by atoms with Gasteiger partial charge in [0.05, 0.1) is 5.75 Å². The third kappa shape index (κ3) is 13.7. The van der Waals surface area contributed by atoms with Crippen molar-refractivity contribution in [1.82, 2.24) is 0 Å². The van der Waals surface area contributed by atoms with Crippen LogP contribution in [0.2, 0.25) is 0 Å². The van der Waals surface area contributed by atoms with Crippen molar-refractivity contribution >= 4 is 74.9 Å². The van der Waals surface area contributed by atoms with E-state index < -0.39 is 11.6 Å². The summed E-state index contributed by atoms with van der Waals surface area (Å²) in [7, 11) is 0.911. The lowest BCUT2D eigenvalue weighted by atomic mass is 10.2. The molecule has 0 rings (SSSR count). The molecule has 0 aliphatic carbocycles. The molecular weight excluding hydrogens is 288 g/mol. The molecule has 0 aromatic heterocycles. The summed E-state index contributed by atoms with van der Waals surface area (Å²) in [5.74, 6) is -2.97. The van der Waals surface area contributed by atoms with Gasteiger partial charge in [0.2, 0.25) is 5.79 Å². The fourth-order valence-corrected chi connectivity index (χ4v) is 1.11. The Balaban J connectivity index is -0.000000218. The fourth-order valence-electron chi connectivity index (χ4n) is 0.192. The number of ketones is 1. The van der Waals surface area contributed by atoms with Crippen LogP contribution in [-0.4, -0.2) is 27.5 Å². The Labute approximate surface area is 108 Å². The zero-order chi connectivity index (χ0) is 11.5. The molecule has 0 unspecified atom stereocenters. The van der Waals surface area contributed by atoms with Crippen molar-refractivity contribution in [3.8, 4) is 0 Å². The Morgan fingerprint density at radius 1 is 1.31 bits per heavy atom. The van der Waals surface area contributed by atoms with E-state index in [2.05, 4.69) is 58.3 Å². The van der Waals surface area contributed by atoms with Crippen LogP contribution in [0.25, 0.3) is 0 Å². The van der Waals surface area contributed by atoms with E-state index >= 15 is 0 Å². The molecule has 0 heterocycles. The third-order valence-electron chi connectivity index (χ3n) is 0.830. The second kappa shape index (κ2) is 13.7. The van der Waals surface area contributed by atoms with E-state index in [-0.39, 0.29) is 5.75 Å². The number of rotatable bonds is 3. The maximum absolute atomic E-state index is 10.3. The highest BCUT2D eigenvalue weighted by atomic mass is 33.1. The predicted molar refractivity (Wildman–Crippen MR) is 75.2 cm³/mol. The van der Waals surface area contributed by atoms with Gasteiger partial charge in [-0.15, -0.1) is 58.3 Å². The van der Waals surface area contributed by atoms with Gasteiger partial charge in [-0.2, -0.15) is 0 Å². The van der Waals surface area contributed by atoms with E-state index in [1.807, 2.05) is 0 Å². The van der Waals surface area contributed by atoms with Crippen LogP contribution in [0.15, 0.2) is 0 Å². The molecule has 9 heteroatoms. The number of hydrogen-bond donors (Lipinski definition) is 7. The maximum Gasteiger partial charge on any atom is 0.233 e. The number of hydrogen-bond acceptors (Lipinski definition) is 9. The Bertz CT molecular complexity index is 118. The summed E-state index contributed by atoms with van der Waals surface area (Å²) < 4.78 is 0. The van der Waals surface area contributed by atoms with Gasteiger partial charge in [0, 0.05) is 6.92 Å². The molecule has 0 radical (unpaired) electrons. The molecule has 13 heavy (non-hydrogen) atoms. The van der Waals surface area contributed by atoms with Crippen LogP contribution < -0.4 is 0 Å². The Morgan fingerprint density at radius 2 is 1.62 bits per heavy atom. The molecular formula is C4H12O3S6. The largest absolute Gasteiger partial charge is 0.359 e. The maximum atomic E-state index is 10.3. The minimum absolute atomic E-state index is 0.106. The van der Waals surface area contributed by atoms with Gasteiger partial charge < -0.3 is 10.2 Å². The summed E-state index contributed by atoms with van der Waals surface area (Å²) in [6.45, 7) is 1.12. The van der Waals surface area contributed by atoms with Gasteiger partial charge in [-0.3, -0.25) is 4.79 Å². The molecule has 2 N–H and O–H groups in total. The Kier molecular flexibility index (Phi) is 21.2. The minimum Gasteiger partial charge on any atom is -0.359 e. The molecule has 0 aromatic rings. The lowest BCUT2D eigenvalue weighted by molar-refractivity contribution is -0.171. The molecule has 0 saturated carbocycles. The first-order valence-corrected chi connectivity index (χ1v) is 7.86. The minimum atomic E-state index is -2.20. The van der Waals surface area contributed by atoms with E-state index in [1.165, 1.54) is 0 Å². The van der Waals surface area contributed by atoms with Crippen molar-refractivity contribution < 1.29 is 15.0 Å². The number of carbonyl (C=O) groups is 1. The number of thiol groups is 5. The zero-order valence-corrected chi connectivity index (χ0v) is 11.9. The lowest BCUT2D eigenvalue weighted by Gasteiger charge is -2.15. The van der Waals surface area contributed by atoms with Crippen molar-refractivity contribution in [3.05, 3.63) is 0 Å². The SMILES string of the molecule is CC(=O)C(O)(O)CSS.SS.SS. The average Bonchev–Trinajstić information content (AvgIpc) is 2.11. The highest BCUT2D eigenvalue weighted by Crippen LogP contribution is 2.13. The third-order valence-corrected chi connectivity index (χ3v) is 1.75. The first-order valence-electron chi connectivity index (χ1n) is 2.63. The summed E-state index contributed by atoms with van der Waals surface area (Å²) in [5, 5.41) is 17.5. The Morgan fingerprint density at radius 3 is 1.69 bits per heavy atom. The van der Waals surface area contributed by atoms with Gasteiger partial charge in [-0.1, -0.05) is 10.8 Å². The van der Waals surface area contributed by atoms with Crippen molar-refractivity contribution in [2.24, 2.45) is 0 Å². The van der Waals surface area contributed by atoms with Crippen molar-refractivity contribution in [2.75, 3.05) is 5.75 Å². The van der Waals surface area contributed by atoms with Gasteiger partial charge in [-0.05, 0) is 0 Å². The Hall–Kier alpha value is 1.69. The van der Waals surface area contributed by atoms with E-state index in [9.17, 15) is 4.79 Å². The molecule has 3 nitrogen and oxygen atoms in total. The second-order valence-electron chi connectivity index (χ2n) is 1.65. The molecule has 0 spiro atoms. The van der Waals surface area contributed by atoms with Gasteiger partial charge in [0.25, 0.3) is 0 Å². The van der Waals surface area contributed by atoms with Crippen molar-refractivity contribution in [3.63, 3.8) is 0 Å². The predicted octanol–water partition coefficient (Wildman–Crippen LogP) is 1.36. The van der Waals surface area contributed by atoms with Crippen molar-refractivity contribution in [2.45, 2.75) is 12.7 Å². The highest BCUT2D eigenvalue weighted by molar-refractivity contribution is 8.68. The van der Waals surface area contributed by atoms with Gasteiger partial charge >= 0.3 is 0 Å². The van der Waals surface area contributed by atoms with Crippen LogP contribution in [0.5, 0.6) is 0 Å². The molecule has 0 aromatic carbocycles. The molecule has 0 amide bonds. The average molecular weight is 301 g/mol. The van der Waals surface area contributed by atoms with E-state index in [0.29, 0.717) is 0 Å². The summed E-state index contributed by atoms with van der Waals surface area (Å²) in [6.07, 6.45) is 0. The van der Waals surface area contributed by atoms with Crippen LogP contribution in [0.1, 0.15) is 6.92 Å². The number of Topliss-reactive ketones (excluding diaryl/α,β-unsaturated/α-hetero) is 1. The summed E-state index contributed by atoms with van der Waals surface area (Å²) >= 11 is 16.5. The van der Waals surface area contributed by atoms with Crippen LogP contribution in [-0.2, 0) is 4.79 Å². The number of carbonyl (C=O) groups excluding carboxylic acids is 1. The van der Waals surface area contributed by atoms with Crippen LogP contribution in [0.3, 0.4) is 0 Å². The molecule has 82 valence electrons.